The number of hydrogen-bond donors (Lipinski definition) is 0. The Labute approximate surface area is 230 Å². The van der Waals surface area contributed by atoms with Crippen molar-refractivity contribution >= 4 is 22.6 Å². The summed E-state index contributed by atoms with van der Waals surface area (Å²) in [5.41, 5.74) is 4.36. The third-order valence-corrected chi connectivity index (χ3v) is 12.5. The number of fused-ring (bicyclic) bond motifs is 4. The van der Waals surface area contributed by atoms with Crippen LogP contribution < -0.4 is 0 Å². The van der Waals surface area contributed by atoms with Crippen molar-refractivity contribution < 1.29 is 9.47 Å². The van der Waals surface area contributed by atoms with Gasteiger partial charge in [0.15, 0.2) is 6.29 Å². The Hall–Kier alpha value is 0.390. The highest BCUT2D eigenvalue weighted by atomic mass is 127. The van der Waals surface area contributed by atoms with Gasteiger partial charge in [0.25, 0.3) is 0 Å². The van der Waals surface area contributed by atoms with Gasteiger partial charge in [0.2, 0.25) is 0 Å². The van der Waals surface area contributed by atoms with E-state index in [9.17, 15) is 0 Å². The summed E-state index contributed by atoms with van der Waals surface area (Å²) < 4.78 is 13.8. The van der Waals surface area contributed by atoms with Gasteiger partial charge in [0.05, 0.1) is 6.10 Å². The molecule has 0 radical (unpaired) electrons. The van der Waals surface area contributed by atoms with E-state index in [1.807, 2.05) is 11.1 Å². The molecule has 1 aliphatic heterocycles. The predicted molar refractivity (Wildman–Crippen MR) is 155 cm³/mol. The van der Waals surface area contributed by atoms with Crippen LogP contribution in [-0.2, 0) is 9.47 Å². The Morgan fingerprint density at radius 2 is 1.89 bits per heavy atom. The van der Waals surface area contributed by atoms with E-state index in [1.165, 1.54) is 87.9 Å². The minimum atomic E-state index is 0.0682. The van der Waals surface area contributed by atoms with Gasteiger partial charge in [-0.05, 0) is 117 Å². The average Bonchev–Trinajstić information content (AvgIpc) is 3.21. The standard InChI is InChI=1S/C32H53IO2/c1-21(2)8-7-9-22(3)29-13-14-30-28-18-23(20-33)27-19-24(35-31-10-5-6-17-34-31)11-12-25(27)26(28)15-16-32(29,30)4/h21-24,26,28-31H,5-20H2,1-4H3/t22-,23?,24+,26-,28-,29-,30+,31?,32-/m1/s1. The van der Waals surface area contributed by atoms with E-state index in [0.29, 0.717) is 11.5 Å². The Morgan fingerprint density at radius 3 is 2.63 bits per heavy atom. The Morgan fingerprint density at radius 1 is 1.03 bits per heavy atom. The van der Waals surface area contributed by atoms with Crippen LogP contribution in [0.3, 0.4) is 0 Å². The van der Waals surface area contributed by atoms with Crippen molar-refractivity contribution in [3.63, 3.8) is 0 Å². The van der Waals surface area contributed by atoms with E-state index in [4.69, 9.17) is 9.47 Å². The second-order valence-electron chi connectivity index (χ2n) is 13.8. The zero-order valence-corrected chi connectivity index (χ0v) is 25.4. The van der Waals surface area contributed by atoms with Crippen LogP contribution in [0.1, 0.15) is 118 Å². The Bertz CT molecular complexity index is 740. The second kappa shape index (κ2) is 11.6. The van der Waals surface area contributed by atoms with Crippen molar-refractivity contribution in [1.29, 1.82) is 0 Å². The molecule has 0 bridgehead atoms. The fraction of sp³-hybridized carbons (Fsp3) is 0.938. The molecule has 0 amide bonds. The molecule has 2 nitrogen and oxygen atoms in total. The molecule has 0 spiro atoms. The van der Waals surface area contributed by atoms with Gasteiger partial charge in [-0.2, -0.15) is 0 Å². The third-order valence-electron chi connectivity index (χ3n) is 11.4. The molecule has 200 valence electrons. The fourth-order valence-electron chi connectivity index (χ4n) is 9.66. The molecule has 4 aliphatic carbocycles. The Kier molecular flexibility index (Phi) is 8.97. The van der Waals surface area contributed by atoms with E-state index < -0.39 is 0 Å². The van der Waals surface area contributed by atoms with E-state index in [1.54, 1.807) is 0 Å². The summed E-state index contributed by atoms with van der Waals surface area (Å²) in [4.78, 5) is 0. The largest absolute Gasteiger partial charge is 0.353 e. The minimum absolute atomic E-state index is 0.0682. The molecule has 1 saturated heterocycles. The number of rotatable bonds is 8. The first-order chi connectivity index (χ1) is 16.9. The maximum atomic E-state index is 6.52. The molecule has 0 aromatic rings. The predicted octanol–water partition coefficient (Wildman–Crippen LogP) is 9.35. The number of hydrogen-bond acceptors (Lipinski definition) is 2. The molecule has 3 heteroatoms. The molecule has 0 aromatic carbocycles. The van der Waals surface area contributed by atoms with Gasteiger partial charge in [-0.15, -0.1) is 0 Å². The highest BCUT2D eigenvalue weighted by molar-refractivity contribution is 14.1. The van der Waals surface area contributed by atoms with Gasteiger partial charge in [-0.25, -0.2) is 0 Å². The van der Waals surface area contributed by atoms with Gasteiger partial charge < -0.3 is 9.47 Å². The Balaban J connectivity index is 1.27. The van der Waals surface area contributed by atoms with Crippen LogP contribution in [0, 0.1) is 46.8 Å². The molecular formula is C32H53IO2. The van der Waals surface area contributed by atoms with Gasteiger partial charge in [0, 0.05) is 11.0 Å². The normalized spacial score (nSPS) is 42.5. The van der Waals surface area contributed by atoms with Gasteiger partial charge in [0.1, 0.15) is 0 Å². The molecule has 1 heterocycles. The maximum Gasteiger partial charge on any atom is 0.157 e. The van der Waals surface area contributed by atoms with Crippen LogP contribution in [0.15, 0.2) is 11.1 Å². The lowest BCUT2D eigenvalue weighted by atomic mass is 9.51. The number of alkyl halides is 1. The van der Waals surface area contributed by atoms with Crippen LogP contribution in [-0.4, -0.2) is 23.4 Å². The molecule has 5 rings (SSSR count). The lowest BCUT2D eigenvalue weighted by Gasteiger charge is -2.55. The molecule has 5 aliphatic rings. The summed E-state index contributed by atoms with van der Waals surface area (Å²) >= 11 is 2.70. The molecule has 2 unspecified atom stereocenters. The summed E-state index contributed by atoms with van der Waals surface area (Å²) in [6.07, 6.45) is 19.5. The van der Waals surface area contributed by atoms with Crippen molar-refractivity contribution in [2.24, 2.45) is 46.8 Å². The van der Waals surface area contributed by atoms with Crippen LogP contribution >= 0.6 is 22.6 Å². The van der Waals surface area contributed by atoms with Crippen LogP contribution in [0.2, 0.25) is 0 Å². The number of halogens is 1. The van der Waals surface area contributed by atoms with Crippen LogP contribution in [0.5, 0.6) is 0 Å². The van der Waals surface area contributed by atoms with Crippen molar-refractivity contribution in [3.05, 3.63) is 11.1 Å². The second-order valence-corrected chi connectivity index (χ2v) is 14.7. The van der Waals surface area contributed by atoms with E-state index in [0.717, 1.165) is 54.5 Å². The number of ether oxygens (including phenoxy) is 2. The third kappa shape index (κ3) is 5.58. The molecule has 9 atom stereocenters. The van der Waals surface area contributed by atoms with Crippen molar-refractivity contribution in [2.75, 3.05) is 11.0 Å². The SMILES string of the molecule is CC(C)CCC[C@@H](C)[C@H]1CC[C@H]2[C@@H]3CC(CI)C4=C(CC[C@H](OC5CCCCO5)C4)[C@H]3CC[C@]12C. The first kappa shape index (κ1) is 27.0. The molecular weight excluding hydrogens is 543 g/mol. The smallest absolute Gasteiger partial charge is 0.157 e. The quantitative estimate of drug-likeness (QED) is 0.158. The lowest BCUT2D eigenvalue weighted by Crippen LogP contribution is -2.47. The topological polar surface area (TPSA) is 18.5 Å². The summed E-state index contributed by atoms with van der Waals surface area (Å²) in [5, 5.41) is 0. The van der Waals surface area contributed by atoms with Gasteiger partial charge in [-0.1, -0.05) is 80.7 Å². The van der Waals surface area contributed by atoms with E-state index in [2.05, 4.69) is 50.3 Å². The highest BCUT2D eigenvalue weighted by Gasteiger charge is 2.56. The number of allylic oxidation sites excluding steroid dienone is 1. The summed E-state index contributed by atoms with van der Waals surface area (Å²) in [5.74, 6) is 6.36. The van der Waals surface area contributed by atoms with Gasteiger partial charge >= 0.3 is 0 Å². The lowest BCUT2D eigenvalue weighted by molar-refractivity contribution is -0.190. The molecule has 2 saturated carbocycles. The molecule has 0 N–H and O–H groups in total. The van der Waals surface area contributed by atoms with E-state index >= 15 is 0 Å². The average molecular weight is 597 g/mol. The first-order valence-electron chi connectivity index (χ1n) is 15.5. The fourth-order valence-corrected chi connectivity index (χ4v) is 10.5. The van der Waals surface area contributed by atoms with Crippen LogP contribution in [0.4, 0.5) is 0 Å². The highest BCUT2D eigenvalue weighted by Crippen LogP contribution is 2.65. The zero-order valence-electron chi connectivity index (χ0n) is 23.2. The summed E-state index contributed by atoms with van der Waals surface area (Å²) in [7, 11) is 0. The summed E-state index contributed by atoms with van der Waals surface area (Å²) in [6, 6.07) is 0. The van der Waals surface area contributed by atoms with Crippen molar-refractivity contribution in [1.82, 2.24) is 0 Å². The van der Waals surface area contributed by atoms with E-state index in [-0.39, 0.29) is 6.29 Å². The molecule has 35 heavy (non-hydrogen) atoms. The molecule has 3 fully saturated rings. The summed E-state index contributed by atoms with van der Waals surface area (Å²) in [6.45, 7) is 11.0. The minimum Gasteiger partial charge on any atom is -0.353 e. The van der Waals surface area contributed by atoms with Crippen molar-refractivity contribution in [3.8, 4) is 0 Å². The monoisotopic (exact) mass is 596 g/mol. The van der Waals surface area contributed by atoms with Gasteiger partial charge in [-0.3, -0.25) is 0 Å². The zero-order chi connectivity index (χ0) is 24.6. The first-order valence-corrected chi connectivity index (χ1v) is 17.0. The van der Waals surface area contributed by atoms with Crippen LogP contribution in [0.25, 0.3) is 0 Å². The van der Waals surface area contributed by atoms with Crippen molar-refractivity contribution in [2.45, 2.75) is 130 Å². The molecule has 0 aromatic heterocycles. The maximum absolute atomic E-state index is 6.52.